The zero-order valence-electron chi connectivity index (χ0n) is 25.5. The summed E-state index contributed by atoms with van der Waals surface area (Å²) in [6, 6.07) is 18.1. The molecule has 0 spiro atoms. The molecule has 3 aliphatic rings. The summed E-state index contributed by atoms with van der Waals surface area (Å²) in [7, 11) is 0. The zero-order chi connectivity index (χ0) is 31.0. The first-order valence-electron chi connectivity index (χ1n) is 16.0. The smallest absolute Gasteiger partial charge is 0.323 e. The number of carbonyl (C=O) groups is 3. The van der Waals surface area contributed by atoms with Crippen LogP contribution in [0.1, 0.15) is 50.7 Å². The Labute approximate surface area is 263 Å². The van der Waals surface area contributed by atoms with Crippen LogP contribution in [0.25, 0.3) is 6.08 Å². The number of nitrogens with one attached hydrogen (secondary N) is 3. The van der Waals surface area contributed by atoms with Gasteiger partial charge < -0.3 is 34.9 Å². The highest BCUT2D eigenvalue weighted by Gasteiger charge is 2.34. The molecule has 2 aliphatic heterocycles. The van der Waals surface area contributed by atoms with E-state index in [0.717, 1.165) is 50.2 Å². The lowest BCUT2D eigenvalue weighted by Crippen LogP contribution is -2.46. The summed E-state index contributed by atoms with van der Waals surface area (Å²) in [6.07, 6.45) is 12.1. The first-order valence-corrected chi connectivity index (χ1v) is 16.0. The minimum Gasteiger partial charge on any atom is -0.490 e. The quantitative estimate of drug-likeness (QED) is 0.246. The molecule has 3 fully saturated rings. The summed E-state index contributed by atoms with van der Waals surface area (Å²) in [5.41, 5.74) is 2.48. The van der Waals surface area contributed by atoms with Crippen molar-refractivity contribution in [1.29, 1.82) is 0 Å². The van der Waals surface area contributed by atoms with Crippen LogP contribution in [0.5, 0.6) is 5.75 Å². The Morgan fingerprint density at radius 3 is 2.31 bits per heavy atom. The van der Waals surface area contributed by atoms with Gasteiger partial charge in [-0.15, -0.1) is 0 Å². The molecule has 1 aliphatic carbocycles. The van der Waals surface area contributed by atoms with Gasteiger partial charge in [0.05, 0.1) is 12.4 Å². The van der Waals surface area contributed by atoms with Crippen molar-refractivity contribution in [1.82, 2.24) is 10.2 Å². The molecule has 1 saturated carbocycles. The van der Waals surface area contributed by atoms with Gasteiger partial charge in [-0.1, -0.05) is 0 Å². The van der Waals surface area contributed by atoms with E-state index in [9.17, 15) is 14.4 Å². The summed E-state index contributed by atoms with van der Waals surface area (Å²) in [6.45, 7) is 2.86. The summed E-state index contributed by atoms with van der Waals surface area (Å²) in [5, 5.41) is 8.86. The Kier molecular flexibility index (Phi) is 9.68. The number of rotatable bonds is 10. The molecule has 6 rings (SSSR count). The van der Waals surface area contributed by atoms with Gasteiger partial charge in [0.25, 0.3) is 0 Å². The third-order valence-electron chi connectivity index (χ3n) is 8.83. The first-order chi connectivity index (χ1) is 22.0. The Morgan fingerprint density at radius 1 is 0.867 bits per heavy atom. The van der Waals surface area contributed by atoms with E-state index in [1.165, 1.54) is 18.9 Å². The van der Waals surface area contributed by atoms with Gasteiger partial charge in [-0.05, 0) is 118 Å². The van der Waals surface area contributed by atoms with Crippen molar-refractivity contribution in [3.8, 4) is 5.75 Å². The van der Waals surface area contributed by atoms with E-state index in [2.05, 4.69) is 20.9 Å². The van der Waals surface area contributed by atoms with E-state index in [1.54, 1.807) is 29.4 Å². The van der Waals surface area contributed by atoms with Crippen LogP contribution >= 0.6 is 0 Å². The number of hydrogen-bond acceptors (Lipinski definition) is 6. The van der Waals surface area contributed by atoms with Crippen LogP contribution < -0.4 is 25.6 Å². The molecular weight excluding hydrogens is 570 g/mol. The van der Waals surface area contributed by atoms with E-state index in [-0.39, 0.29) is 17.8 Å². The van der Waals surface area contributed by atoms with Crippen molar-refractivity contribution in [2.24, 2.45) is 5.92 Å². The third kappa shape index (κ3) is 8.06. The average molecular weight is 612 g/mol. The number of ether oxygens (including phenoxy) is 1. The van der Waals surface area contributed by atoms with Crippen LogP contribution in [0, 0.1) is 5.92 Å². The molecule has 0 radical (unpaired) electrons. The van der Waals surface area contributed by atoms with E-state index in [4.69, 9.17) is 9.15 Å². The fourth-order valence-electron chi connectivity index (χ4n) is 6.40. The number of amides is 4. The van der Waals surface area contributed by atoms with Crippen LogP contribution in [-0.4, -0.2) is 61.1 Å². The highest BCUT2D eigenvalue weighted by molar-refractivity contribution is 6.00. The largest absolute Gasteiger partial charge is 0.490 e. The molecule has 1 unspecified atom stereocenters. The molecule has 10 nitrogen and oxygen atoms in total. The summed E-state index contributed by atoms with van der Waals surface area (Å²) in [5.74, 6) is 1.49. The van der Waals surface area contributed by atoms with E-state index in [0.29, 0.717) is 48.7 Å². The average Bonchev–Trinajstić information content (AvgIpc) is 3.88. The molecule has 2 aromatic carbocycles. The van der Waals surface area contributed by atoms with Gasteiger partial charge >= 0.3 is 6.03 Å². The van der Waals surface area contributed by atoms with Gasteiger partial charge in [0.15, 0.2) is 0 Å². The van der Waals surface area contributed by atoms with Crippen molar-refractivity contribution in [3.63, 3.8) is 0 Å². The van der Waals surface area contributed by atoms with Gasteiger partial charge in [-0.2, -0.15) is 0 Å². The van der Waals surface area contributed by atoms with Gasteiger partial charge in [-0.3, -0.25) is 9.59 Å². The van der Waals surface area contributed by atoms with Crippen LogP contribution in [0.4, 0.5) is 21.9 Å². The second kappa shape index (κ2) is 14.4. The lowest BCUT2D eigenvalue weighted by Gasteiger charge is -2.23. The molecule has 2 saturated heterocycles. The van der Waals surface area contributed by atoms with E-state index < -0.39 is 6.04 Å². The Morgan fingerprint density at radius 2 is 1.60 bits per heavy atom. The summed E-state index contributed by atoms with van der Waals surface area (Å²) < 4.78 is 11.2. The Balaban J connectivity index is 0.924. The number of anilines is 3. The number of likely N-dealkylation sites (tertiary alicyclic amines) is 1. The van der Waals surface area contributed by atoms with Crippen molar-refractivity contribution in [2.45, 2.75) is 57.1 Å². The zero-order valence-corrected chi connectivity index (χ0v) is 25.5. The number of furan rings is 1. The molecule has 2 atom stereocenters. The lowest BCUT2D eigenvalue weighted by atomic mass is 10.1. The van der Waals surface area contributed by atoms with Crippen LogP contribution in [-0.2, 0) is 9.59 Å². The maximum absolute atomic E-state index is 13.0. The second-order valence-electron chi connectivity index (χ2n) is 12.1. The molecular formula is C35H41N5O5. The molecule has 236 valence electrons. The van der Waals surface area contributed by atoms with Gasteiger partial charge in [-0.25, -0.2) is 4.79 Å². The van der Waals surface area contributed by atoms with Crippen LogP contribution in [0.2, 0.25) is 0 Å². The maximum Gasteiger partial charge on any atom is 0.323 e. The molecule has 1 aromatic heterocycles. The fourth-order valence-corrected chi connectivity index (χ4v) is 6.40. The number of urea groups is 1. The SMILES string of the molecule is O=C(Nc1ccc(OC2CCCC2)cc1)Nc1ccc(N2CCC(CNC(=O)[C@@H]3CCCN3C(=O)/C=C/c3ccco3)C2)cc1. The molecule has 3 heterocycles. The highest BCUT2D eigenvalue weighted by Crippen LogP contribution is 2.27. The highest BCUT2D eigenvalue weighted by atomic mass is 16.5. The van der Waals surface area contributed by atoms with Crippen molar-refractivity contribution >= 4 is 41.0 Å². The normalized spacial score (nSPS) is 20.1. The number of benzene rings is 2. The van der Waals surface area contributed by atoms with Crippen LogP contribution in [0.15, 0.2) is 77.4 Å². The maximum atomic E-state index is 13.0. The minimum absolute atomic E-state index is 0.0900. The predicted octanol–water partition coefficient (Wildman–Crippen LogP) is 5.89. The predicted molar refractivity (Wildman–Crippen MR) is 174 cm³/mol. The molecule has 0 bridgehead atoms. The third-order valence-corrected chi connectivity index (χ3v) is 8.83. The summed E-state index contributed by atoms with van der Waals surface area (Å²) in [4.78, 5) is 42.2. The minimum atomic E-state index is -0.441. The Hall–Kier alpha value is -4.73. The van der Waals surface area contributed by atoms with Crippen molar-refractivity contribution in [2.75, 3.05) is 41.7 Å². The fraction of sp³-hybridized carbons (Fsp3) is 0.400. The molecule has 3 N–H and O–H groups in total. The Bertz CT molecular complexity index is 1470. The lowest BCUT2D eigenvalue weighted by molar-refractivity contribution is -0.135. The molecule has 4 amide bonds. The second-order valence-corrected chi connectivity index (χ2v) is 12.1. The number of hydrogen-bond donors (Lipinski definition) is 3. The molecule has 45 heavy (non-hydrogen) atoms. The van der Waals surface area contributed by atoms with Crippen molar-refractivity contribution < 1.29 is 23.5 Å². The monoisotopic (exact) mass is 611 g/mol. The van der Waals surface area contributed by atoms with Gasteiger partial charge in [0, 0.05) is 49.3 Å². The number of carbonyl (C=O) groups excluding carboxylic acids is 3. The van der Waals surface area contributed by atoms with Gasteiger partial charge in [0.1, 0.15) is 17.6 Å². The van der Waals surface area contributed by atoms with Gasteiger partial charge in [0.2, 0.25) is 11.8 Å². The number of nitrogens with zero attached hydrogens (tertiary/aromatic N) is 2. The first kappa shape index (κ1) is 30.3. The van der Waals surface area contributed by atoms with E-state index in [1.807, 2.05) is 48.5 Å². The standard InChI is InChI=1S/C35H41N5O5/c41-33(18-17-29-7-4-22-44-29)40-20-3-8-32(40)34(42)36-23-25-19-21-39(24-25)28-13-9-26(10-14-28)37-35(43)38-27-11-15-31(16-12-27)45-30-5-1-2-6-30/h4,7,9-18,22,25,30,32H,1-3,5-6,8,19-21,23-24H2,(H,36,42)(H2,37,38,43)/b18-17+/t25?,32-/m0/s1. The topological polar surface area (TPSA) is 116 Å². The summed E-state index contributed by atoms with van der Waals surface area (Å²) >= 11 is 0. The molecule has 3 aromatic rings. The van der Waals surface area contributed by atoms with Crippen molar-refractivity contribution in [3.05, 3.63) is 78.8 Å². The van der Waals surface area contributed by atoms with Crippen LogP contribution in [0.3, 0.4) is 0 Å². The molecule has 10 heteroatoms. The van der Waals surface area contributed by atoms with E-state index >= 15 is 0 Å².